The van der Waals surface area contributed by atoms with Crippen LogP contribution in [0.1, 0.15) is 45.6 Å². The highest BCUT2D eigenvalue weighted by molar-refractivity contribution is 7.17. The molecule has 1 aliphatic rings. The first-order valence-corrected chi connectivity index (χ1v) is 11.3. The molecule has 2 aromatic heterocycles. The Bertz CT molecular complexity index is 1180. The third-order valence-corrected chi connectivity index (χ3v) is 6.88. The van der Waals surface area contributed by atoms with Crippen molar-refractivity contribution >= 4 is 29.0 Å². The van der Waals surface area contributed by atoms with Crippen LogP contribution in [0.4, 0.5) is 10.2 Å². The number of aryl methyl sites for hydroxylation is 1. The minimum absolute atomic E-state index is 0.0362. The van der Waals surface area contributed by atoms with Crippen LogP contribution in [0, 0.1) is 12.7 Å². The van der Waals surface area contributed by atoms with Crippen LogP contribution in [-0.2, 0) is 11.2 Å². The van der Waals surface area contributed by atoms with E-state index in [0.29, 0.717) is 23.5 Å². The van der Waals surface area contributed by atoms with E-state index < -0.39 is 0 Å². The van der Waals surface area contributed by atoms with Crippen molar-refractivity contribution in [2.24, 2.45) is 5.73 Å². The predicted octanol–water partition coefficient (Wildman–Crippen LogP) is 4.00. The molecule has 0 saturated heterocycles. The maximum absolute atomic E-state index is 13.5. The van der Waals surface area contributed by atoms with Gasteiger partial charge < -0.3 is 16.4 Å². The standard InChI is InChI=1S/C24H25FN4O2S/c1-13-9-20(30)29-23-21(13)18(6-7-27-23)22-14(2)8-19(32-22)24(31)28-17(12-26)11-15-4-3-5-16(25)10-15/h3-8,10,13,17H,9,11-12,26H2,1-2H3,(H,28,31)(H,27,29,30)/t13-,17?/m0/s1. The Morgan fingerprint density at radius 2 is 2.19 bits per heavy atom. The fourth-order valence-electron chi connectivity index (χ4n) is 4.09. The van der Waals surface area contributed by atoms with Gasteiger partial charge in [-0.25, -0.2) is 9.37 Å². The second-order valence-corrected chi connectivity index (χ2v) is 9.19. The second kappa shape index (κ2) is 9.18. The molecule has 32 heavy (non-hydrogen) atoms. The summed E-state index contributed by atoms with van der Waals surface area (Å²) < 4.78 is 13.5. The van der Waals surface area contributed by atoms with Gasteiger partial charge in [0.25, 0.3) is 5.91 Å². The normalized spacial score (nSPS) is 16.2. The molecule has 0 radical (unpaired) electrons. The largest absolute Gasteiger partial charge is 0.347 e. The van der Waals surface area contributed by atoms with E-state index in [4.69, 9.17) is 5.73 Å². The molecule has 0 saturated carbocycles. The van der Waals surface area contributed by atoms with Gasteiger partial charge in [-0.3, -0.25) is 9.59 Å². The SMILES string of the molecule is Cc1cc(C(=O)NC(CN)Cc2cccc(F)c2)sc1-c1ccnc2c1[C@@H](C)CC(=O)N2. The van der Waals surface area contributed by atoms with Gasteiger partial charge in [-0.05, 0) is 54.7 Å². The lowest BCUT2D eigenvalue weighted by atomic mass is 9.89. The van der Waals surface area contributed by atoms with Crippen LogP contribution in [0.2, 0.25) is 0 Å². The number of amides is 2. The van der Waals surface area contributed by atoms with Crippen molar-refractivity contribution in [3.05, 3.63) is 70.0 Å². The van der Waals surface area contributed by atoms with E-state index in [9.17, 15) is 14.0 Å². The quantitative estimate of drug-likeness (QED) is 0.527. The molecule has 0 bridgehead atoms. The van der Waals surface area contributed by atoms with Crippen LogP contribution in [-0.4, -0.2) is 29.4 Å². The number of rotatable bonds is 6. The zero-order valence-electron chi connectivity index (χ0n) is 17.9. The number of hydrogen-bond donors (Lipinski definition) is 3. The Morgan fingerprint density at radius 1 is 1.38 bits per heavy atom. The molecule has 4 rings (SSSR count). The van der Waals surface area contributed by atoms with Gasteiger partial charge in [-0.1, -0.05) is 19.1 Å². The summed E-state index contributed by atoms with van der Waals surface area (Å²) in [6, 6.07) is 9.79. The zero-order valence-corrected chi connectivity index (χ0v) is 18.8. The Kier molecular flexibility index (Phi) is 6.34. The molecule has 1 unspecified atom stereocenters. The summed E-state index contributed by atoms with van der Waals surface area (Å²) in [7, 11) is 0. The fourth-order valence-corrected chi connectivity index (χ4v) is 5.21. The van der Waals surface area contributed by atoms with E-state index in [2.05, 4.69) is 15.6 Å². The number of benzene rings is 1. The number of thiophene rings is 1. The predicted molar refractivity (Wildman–Crippen MR) is 124 cm³/mol. The molecule has 1 aromatic carbocycles. The number of halogens is 1. The zero-order chi connectivity index (χ0) is 22.8. The molecule has 3 heterocycles. The summed E-state index contributed by atoms with van der Waals surface area (Å²) in [6.45, 7) is 4.22. The maximum atomic E-state index is 13.5. The molecule has 2 atom stereocenters. The number of nitrogens with zero attached hydrogens (tertiary/aromatic N) is 1. The van der Waals surface area contributed by atoms with Gasteiger partial charge in [0, 0.05) is 41.2 Å². The fraction of sp³-hybridized carbons (Fsp3) is 0.292. The molecule has 8 heteroatoms. The van der Waals surface area contributed by atoms with Crippen molar-refractivity contribution in [2.75, 3.05) is 11.9 Å². The average molecular weight is 453 g/mol. The van der Waals surface area contributed by atoms with Crippen molar-refractivity contribution < 1.29 is 14.0 Å². The summed E-state index contributed by atoms with van der Waals surface area (Å²) in [4.78, 5) is 30.7. The number of pyridine rings is 1. The van der Waals surface area contributed by atoms with Crippen LogP contribution in [0.5, 0.6) is 0 Å². The number of anilines is 1. The molecule has 0 fully saturated rings. The molecule has 6 nitrogen and oxygen atoms in total. The Hall–Kier alpha value is -3.10. The highest BCUT2D eigenvalue weighted by atomic mass is 32.1. The number of aromatic nitrogens is 1. The number of fused-ring (bicyclic) bond motifs is 1. The van der Waals surface area contributed by atoms with Gasteiger partial charge in [-0.2, -0.15) is 0 Å². The lowest BCUT2D eigenvalue weighted by Crippen LogP contribution is -2.41. The van der Waals surface area contributed by atoms with E-state index in [-0.39, 0.29) is 36.1 Å². The van der Waals surface area contributed by atoms with Crippen molar-refractivity contribution in [1.29, 1.82) is 0 Å². The van der Waals surface area contributed by atoms with Crippen LogP contribution >= 0.6 is 11.3 Å². The van der Waals surface area contributed by atoms with Gasteiger partial charge in [0.2, 0.25) is 5.91 Å². The van der Waals surface area contributed by atoms with Crippen LogP contribution in [0.3, 0.4) is 0 Å². The Labute approximate surface area is 190 Å². The molecule has 4 N–H and O–H groups in total. The molecule has 1 aliphatic heterocycles. The van der Waals surface area contributed by atoms with Crippen molar-refractivity contribution in [2.45, 2.75) is 38.6 Å². The van der Waals surface area contributed by atoms with E-state index in [1.807, 2.05) is 32.0 Å². The van der Waals surface area contributed by atoms with Gasteiger partial charge in [-0.15, -0.1) is 11.3 Å². The third-order valence-electron chi connectivity index (χ3n) is 5.61. The average Bonchev–Trinajstić information content (AvgIpc) is 3.14. The maximum Gasteiger partial charge on any atom is 0.261 e. The van der Waals surface area contributed by atoms with E-state index in [1.54, 1.807) is 12.3 Å². The summed E-state index contributed by atoms with van der Waals surface area (Å²) in [6.07, 6.45) is 2.53. The first kappa shape index (κ1) is 22.1. The van der Waals surface area contributed by atoms with Gasteiger partial charge in [0.15, 0.2) is 0 Å². The monoisotopic (exact) mass is 452 g/mol. The molecule has 2 amide bonds. The molecule has 0 aliphatic carbocycles. The van der Waals surface area contributed by atoms with Crippen LogP contribution in [0.15, 0.2) is 42.6 Å². The molecular weight excluding hydrogens is 427 g/mol. The highest BCUT2D eigenvalue weighted by Gasteiger charge is 2.27. The van der Waals surface area contributed by atoms with E-state index >= 15 is 0 Å². The number of carbonyl (C=O) groups excluding carboxylic acids is 2. The lowest BCUT2D eigenvalue weighted by Gasteiger charge is -2.24. The second-order valence-electron chi connectivity index (χ2n) is 8.14. The van der Waals surface area contributed by atoms with Gasteiger partial charge in [0.05, 0.1) is 4.88 Å². The molecular formula is C24H25FN4O2S. The van der Waals surface area contributed by atoms with Crippen LogP contribution < -0.4 is 16.4 Å². The summed E-state index contributed by atoms with van der Waals surface area (Å²) >= 11 is 1.40. The van der Waals surface area contributed by atoms with Crippen molar-refractivity contribution in [3.63, 3.8) is 0 Å². The minimum atomic E-state index is -0.311. The highest BCUT2D eigenvalue weighted by Crippen LogP contribution is 2.42. The number of nitrogens with two attached hydrogens (primary N) is 1. The van der Waals surface area contributed by atoms with Crippen molar-refractivity contribution in [1.82, 2.24) is 10.3 Å². The van der Waals surface area contributed by atoms with E-state index in [0.717, 1.165) is 27.1 Å². The lowest BCUT2D eigenvalue weighted by molar-refractivity contribution is -0.116. The van der Waals surface area contributed by atoms with Crippen molar-refractivity contribution in [3.8, 4) is 10.4 Å². The summed E-state index contributed by atoms with van der Waals surface area (Å²) in [5, 5.41) is 5.82. The minimum Gasteiger partial charge on any atom is -0.347 e. The first-order valence-electron chi connectivity index (χ1n) is 10.5. The van der Waals surface area contributed by atoms with Gasteiger partial charge >= 0.3 is 0 Å². The van der Waals surface area contributed by atoms with Crippen LogP contribution in [0.25, 0.3) is 10.4 Å². The first-order chi connectivity index (χ1) is 15.4. The molecule has 0 spiro atoms. The summed E-state index contributed by atoms with van der Waals surface area (Å²) in [5.41, 5.74) is 9.61. The Morgan fingerprint density at radius 3 is 2.94 bits per heavy atom. The van der Waals surface area contributed by atoms with E-state index in [1.165, 1.54) is 23.5 Å². The number of carbonyl (C=O) groups is 2. The molecule has 3 aromatic rings. The summed E-state index contributed by atoms with van der Waals surface area (Å²) in [5.74, 6) is 0.0656. The third kappa shape index (κ3) is 4.56. The number of nitrogens with one attached hydrogen (secondary N) is 2. The smallest absolute Gasteiger partial charge is 0.261 e. The molecule has 166 valence electrons. The van der Waals surface area contributed by atoms with Gasteiger partial charge in [0.1, 0.15) is 11.6 Å². The topological polar surface area (TPSA) is 97.1 Å². The number of hydrogen-bond acceptors (Lipinski definition) is 5. The Balaban J connectivity index is 1.57.